The topological polar surface area (TPSA) is 168 Å². The zero-order chi connectivity index (χ0) is 39.0. The van der Waals surface area contributed by atoms with Gasteiger partial charge in [0.1, 0.15) is 29.9 Å². The van der Waals surface area contributed by atoms with Crippen molar-refractivity contribution in [2.45, 2.75) is 109 Å². The molecule has 12 heteroatoms. The quantitative estimate of drug-likeness (QED) is 0.128. The Hall–Kier alpha value is -3.78. The Balaban J connectivity index is 1.27. The number of nitrogens with zero attached hydrogens (tertiary/aromatic N) is 3. The maximum absolute atomic E-state index is 13.5. The normalized spacial score (nSPS) is 24.1. The number of allylic oxidation sites excluding steroid dienone is 1. The summed E-state index contributed by atoms with van der Waals surface area (Å²) in [7, 11) is 1.80. The Morgan fingerprint density at radius 2 is 1.70 bits per heavy atom. The summed E-state index contributed by atoms with van der Waals surface area (Å²) >= 11 is 1.30. The van der Waals surface area contributed by atoms with E-state index in [9.17, 15) is 25.2 Å². The van der Waals surface area contributed by atoms with E-state index < -0.39 is 36.5 Å². The second-order valence-corrected chi connectivity index (χ2v) is 16.2. The summed E-state index contributed by atoms with van der Waals surface area (Å²) in [5.41, 5.74) is 13.8. The summed E-state index contributed by atoms with van der Waals surface area (Å²) in [5.74, 6) is 0.661. The van der Waals surface area contributed by atoms with Gasteiger partial charge in [-0.25, -0.2) is 4.98 Å². The lowest BCUT2D eigenvalue weighted by atomic mass is 9.85. The van der Waals surface area contributed by atoms with E-state index in [1.807, 2.05) is 6.08 Å². The summed E-state index contributed by atoms with van der Waals surface area (Å²) in [4.78, 5) is 33.0. The molecule has 0 spiro atoms. The predicted molar refractivity (Wildman–Crippen MR) is 217 cm³/mol. The molecule has 54 heavy (non-hydrogen) atoms. The maximum atomic E-state index is 13.5. The minimum atomic E-state index is -1.40. The van der Waals surface area contributed by atoms with Gasteiger partial charge in [0.25, 0.3) is 0 Å². The van der Waals surface area contributed by atoms with Crippen LogP contribution in [0.2, 0.25) is 0 Å². The fourth-order valence-corrected chi connectivity index (χ4v) is 9.09. The Labute approximate surface area is 321 Å². The molecular formula is C42H55N5O6S. The first-order valence-corrected chi connectivity index (χ1v) is 20.0. The van der Waals surface area contributed by atoms with Crippen LogP contribution in [0.5, 0.6) is 0 Å². The fourth-order valence-electron chi connectivity index (χ4n) is 7.98. The van der Waals surface area contributed by atoms with E-state index >= 15 is 0 Å². The van der Waals surface area contributed by atoms with E-state index in [-0.39, 0.29) is 17.7 Å². The molecule has 3 aromatic heterocycles. The number of aliphatic hydroxyl groups is 4. The molecule has 0 saturated carbocycles. The van der Waals surface area contributed by atoms with Gasteiger partial charge in [0.15, 0.2) is 0 Å². The minimum Gasteiger partial charge on any atom is -0.394 e. The first-order chi connectivity index (χ1) is 25.8. The number of amides is 1. The van der Waals surface area contributed by atoms with E-state index in [4.69, 9.17) is 14.7 Å². The van der Waals surface area contributed by atoms with Crippen LogP contribution in [0.25, 0.3) is 39.8 Å². The van der Waals surface area contributed by atoms with Crippen LogP contribution in [-0.4, -0.2) is 107 Å². The van der Waals surface area contributed by atoms with Crippen LogP contribution in [0.15, 0.2) is 24.8 Å². The first kappa shape index (κ1) is 39.9. The van der Waals surface area contributed by atoms with Crippen LogP contribution in [0.4, 0.5) is 0 Å². The summed E-state index contributed by atoms with van der Waals surface area (Å²) in [6.07, 6.45) is 1.56. The van der Waals surface area contributed by atoms with Crippen molar-refractivity contribution in [2.75, 3.05) is 26.0 Å². The number of carbonyl (C=O) groups is 1. The Kier molecular flexibility index (Phi) is 12.2. The van der Waals surface area contributed by atoms with Crippen molar-refractivity contribution in [3.8, 4) is 0 Å². The molecule has 1 saturated heterocycles. The zero-order valence-corrected chi connectivity index (χ0v) is 33.3. The standard InChI is InChI=1S/C42H55N5O6S/c1-9-26-23(5)32-19-35-27(10-2)22(4)31(44-35)18-33-24(6)28(38(46-33)25(7)30-16-21(3)29(43-30)17-34(26)45-32)12-13-37(49)47(8)14-11-15-54-42-41(52)40(51)39(50)36(20-48)53-42/h10,16-19,24,28,36,39-42,44-45,48,50-52H,2,9,11-15,20H2,1,3-8H3/t24-,28-,36+,39+,40-,41-,42-/m0/s1. The number of fused-ring (bicyclic) bond motifs is 8. The number of aryl methyl sites for hydroxylation is 3. The monoisotopic (exact) mass is 757 g/mol. The zero-order valence-electron chi connectivity index (χ0n) is 32.4. The molecule has 8 bridgehead atoms. The average Bonchev–Trinajstić information content (AvgIpc) is 3.86. The second-order valence-electron chi connectivity index (χ2n) is 15.0. The summed E-state index contributed by atoms with van der Waals surface area (Å²) < 4.78 is 5.60. The molecule has 3 aromatic rings. The molecule has 3 aliphatic rings. The summed E-state index contributed by atoms with van der Waals surface area (Å²) in [5, 5.41) is 40.0. The van der Waals surface area contributed by atoms with Crippen molar-refractivity contribution in [3.05, 3.63) is 75.4 Å². The Bertz CT molecular complexity index is 2100. The third-order valence-electron chi connectivity index (χ3n) is 11.5. The van der Waals surface area contributed by atoms with E-state index in [1.165, 1.54) is 22.9 Å². The molecule has 290 valence electrons. The molecule has 1 fully saturated rings. The van der Waals surface area contributed by atoms with Gasteiger partial charge < -0.3 is 40.0 Å². The average molecular weight is 758 g/mol. The Morgan fingerprint density at radius 1 is 0.981 bits per heavy atom. The van der Waals surface area contributed by atoms with Crippen LogP contribution in [0, 0.1) is 20.8 Å². The number of nitrogens with one attached hydrogen (secondary N) is 2. The SMILES string of the molecule is C=Cc1c(C)c2cc3nc(c(C)c4nc(cc5[nH]c(cc1[nH]2)c(C)c5CC)C(C)=C4)[C@@H](CCC(=O)N(C)CCCS[C@@H]1O[C@H](CO)[C@@H](O)[C@H](O)[C@@H]1O)[C@@H]3C. The van der Waals surface area contributed by atoms with Crippen LogP contribution in [-0.2, 0) is 16.0 Å². The third-order valence-corrected chi connectivity index (χ3v) is 12.8. The highest BCUT2D eigenvalue weighted by molar-refractivity contribution is 7.99. The fraction of sp³-hybridized carbons (Fsp3) is 0.500. The number of aromatic amines is 2. The molecule has 6 heterocycles. The van der Waals surface area contributed by atoms with E-state index in [1.54, 1.807) is 11.9 Å². The maximum Gasteiger partial charge on any atom is 0.222 e. The largest absolute Gasteiger partial charge is 0.394 e. The molecule has 0 unspecified atom stereocenters. The summed E-state index contributed by atoms with van der Waals surface area (Å²) in [6, 6.07) is 6.47. The van der Waals surface area contributed by atoms with Gasteiger partial charge in [-0.3, -0.25) is 9.78 Å². The molecule has 1 amide bonds. The van der Waals surface area contributed by atoms with Gasteiger partial charge >= 0.3 is 0 Å². The predicted octanol–water partition coefficient (Wildman–Crippen LogP) is 6.06. The van der Waals surface area contributed by atoms with Gasteiger partial charge in [-0.2, -0.15) is 0 Å². The smallest absolute Gasteiger partial charge is 0.222 e. The van der Waals surface area contributed by atoms with Gasteiger partial charge in [-0.15, -0.1) is 11.8 Å². The van der Waals surface area contributed by atoms with Crippen molar-refractivity contribution in [2.24, 2.45) is 0 Å². The lowest BCUT2D eigenvalue weighted by Gasteiger charge is -2.39. The van der Waals surface area contributed by atoms with Crippen LogP contribution < -0.4 is 0 Å². The highest BCUT2D eigenvalue weighted by Crippen LogP contribution is 2.42. The molecule has 11 nitrogen and oxygen atoms in total. The van der Waals surface area contributed by atoms with Gasteiger partial charge in [0, 0.05) is 70.9 Å². The molecule has 7 atom stereocenters. The number of thioether (sulfide) groups is 1. The lowest BCUT2D eigenvalue weighted by molar-refractivity contribution is -0.205. The van der Waals surface area contributed by atoms with Gasteiger partial charge in [0.05, 0.1) is 18.0 Å². The number of rotatable bonds is 11. The molecule has 6 N–H and O–H groups in total. The molecule has 3 aliphatic heterocycles. The molecule has 0 radical (unpaired) electrons. The minimum absolute atomic E-state index is 0.00974. The number of hydrogen-bond acceptors (Lipinski definition) is 9. The molecule has 0 aliphatic carbocycles. The number of H-pyrrole nitrogens is 2. The summed E-state index contributed by atoms with van der Waals surface area (Å²) in [6.45, 7) is 17.0. The number of carbonyl (C=O) groups excluding carboxylic acids is 1. The van der Waals surface area contributed by atoms with Gasteiger partial charge in [0.2, 0.25) is 5.91 Å². The van der Waals surface area contributed by atoms with Crippen molar-refractivity contribution in [1.29, 1.82) is 0 Å². The molecule has 0 aromatic carbocycles. The van der Waals surface area contributed by atoms with Crippen molar-refractivity contribution >= 4 is 57.5 Å². The highest BCUT2D eigenvalue weighted by atomic mass is 32.2. The van der Waals surface area contributed by atoms with Gasteiger partial charge in [-0.1, -0.05) is 26.5 Å². The van der Waals surface area contributed by atoms with Gasteiger partial charge in [-0.05, 0) is 105 Å². The van der Waals surface area contributed by atoms with E-state index in [0.29, 0.717) is 31.6 Å². The Morgan fingerprint density at radius 3 is 2.41 bits per heavy atom. The van der Waals surface area contributed by atoms with Crippen molar-refractivity contribution in [3.63, 3.8) is 0 Å². The number of aromatic nitrogens is 4. The molecule has 6 rings (SSSR count). The lowest BCUT2D eigenvalue weighted by Crippen LogP contribution is -2.57. The van der Waals surface area contributed by atoms with Crippen molar-refractivity contribution in [1.82, 2.24) is 24.8 Å². The van der Waals surface area contributed by atoms with Crippen LogP contribution in [0.1, 0.15) is 102 Å². The number of hydrogen-bond donors (Lipinski definition) is 6. The second kappa shape index (κ2) is 16.5. The molecular weight excluding hydrogens is 703 g/mol. The van der Waals surface area contributed by atoms with Crippen LogP contribution >= 0.6 is 11.8 Å². The van der Waals surface area contributed by atoms with Crippen LogP contribution in [0.3, 0.4) is 0 Å². The van der Waals surface area contributed by atoms with Crippen molar-refractivity contribution < 1.29 is 30.0 Å². The van der Waals surface area contributed by atoms with E-state index in [2.05, 4.69) is 82.4 Å². The number of ether oxygens (including phenoxy) is 1. The highest BCUT2D eigenvalue weighted by Gasteiger charge is 2.43. The number of aliphatic hydroxyl groups excluding tert-OH is 4. The first-order valence-electron chi connectivity index (χ1n) is 19.0. The third kappa shape index (κ3) is 7.69. The van der Waals surface area contributed by atoms with E-state index in [0.717, 1.165) is 73.5 Å².